The number of aromatic nitrogens is 2. The van der Waals surface area contributed by atoms with Gasteiger partial charge >= 0.3 is 0 Å². The molecule has 0 saturated carbocycles. The molecule has 1 aromatic heterocycles. The molecule has 0 atom stereocenters. The lowest BCUT2D eigenvalue weighted by Crippen LogP contribution is -2.12. The largest absolute Gasteiger partial charge is 0.324 e. The molecule has 1 amide bonds. The third kappa shape index (κ3) is 4.42. The van der Waals surface area contributed by atoms with Crippen LogP contribution in [0.1, 0.15) is 21.7 Å². The lowest BCUT2D eigenvalue weighted by atomic mass is 10.2. The molecule has 0 aliphatic rings. The maximum atomic E-state index is 12.4. The highest BCUT2D eigenvalue weighted by molar-refractivity contribution is 9.10. The molecule has 0 aliphatic heterocycles. The molecule has 2 aromatic carbocycles. The minimum atomic E-state index is -0.174. The van der Waals surface area contributed by atoms with E-state index in [1.165, 1.54) is 0 Å². The van der Waals surface area contributed by atoms with Gasteiger partial charge in [0.2, 0.25) is 5.95 Å². The van der Waals surface area contributed by atoms with Crippen molar-refractivity contribution in [3.05, 3.63) is 76.0 Å². The van der Waals surface area contributed by atoms with E-state index in [0.29, 0.717) is 17.2 Å². The number of carbonyl (C=O) groups excluding carboxylic acids is 1. The summed E-state index contributed by atoms with van der Waals surface area (Å²) in [6.07, 6.45) is 0. The number of anilines is 3. The molecule has 0 radical (unpaired) electrons. The number of amides is 1. The quantitative estimate of drug-likeness (QED) is 0.661. The van der Waals surface area contributed by atoms with E-state index in [1.807, 2.05) is 62.4 Å². The van der Waals surface area contributed by atoms with Gasteiger partial charge in [0, 0.05) is 27.2 Å². The van der Waals surface area contributed by atoms with Gasteiger partial charge in [-0.1, -0.05) is 18.2 Å². The standard InChI is InChI=1S/C19H17BrN4O/c1-12-10-13(2)22-19(21-12)24-15-7-5-6-14(11-15)23-18(25)16-8-3-4-9-17(16)20/h3-11H,1-2H3,(H,23,25)(H,21,22,24). The zero-order chi connectivity index (χ0) is 17.8. The van der Waals surface area contributed by atoms with Crippen LogP contribution in [0.25, 0.3) is 0 Å². The smallest absolute Gasteiger partial charge is 0.256 e. The number of hydrogen-bond acceptors (Lipinski definition) is 4. The molecule has 0 spiro atoms. The fourth-order valence-electron chi connectivity index (χ4n) is 2.43. The Morgan fingerprint density at radius 1 is 0.920 bits per heavy atom. The van der Waals surface area contributed by atoms with Crippen LogP contribution in [0.3, 0.4) is 0 Å². The topological polar surface area (TPSA) is 66.9 Å². The Hall–Kier alpha value is -2.73. The van der Waals surface area contributed by atoms with E-state index < -0.39 is 0 Å². The first-order valence-corrected chi connectivity index (χ1v) is 8.56. The van der Waals surface area contributed by atoms with Crippen LogP contribution >= 0.6 is 15.9 Å². The van der Waals surface area contributed by atoms with Gasteiger partial charge in [-0.3, -0.25) is 4.79 Å². The SMILES string of the molecule is Cc1cc(C)nc(Nc2cccc(NC(=O)c3ccccc3Br)c2)n1. The average Bonchev–Trinajstić information content (AvgIpc) is 2.54. The first-order valence-electron chi connectivity index (χ1n) is 7.76. The number of carbonyl (C=O) groups is 1. The molecule has 126 valence electrons. The maximum Gasteiger partial charge on any atom is 0.256 e. The summed E-state index contributed by atoms with van der Waals surface area (Å²) in [5.41, 5.74) is 3.87. The number of aryl methyl sites for hydroxylation is 2. The first-order chi connectivity index (χ1) is 12.0. The number of benzene rings is 2. The average molecular weight is 397 g/mol. The molecule has 0 fully saturated rings. The number of halogens is 1. The van der Waals surface area contributed by atoms with Gasteiger partial charge in [0.25, 0.3) is 5.91 Å². The van der Waals surface area contributed by atoms with Crippen molar-refractivity contribution < 1.29 is 4.79 Å². The fraction of sp³-hybridized carbons (Fsp3) is 0.105. The number of nitrogens with zero attached hydrogens (tertiary/aromatic N) is 2. The van der Waals surface area contributed by atoms with Crippen LogP contribution in [-0.2, 0) is 0 Å². The predicted octanol–water partition coefficient (Wildman–Crippen LogP) is 4.85. The van der Waals surface area contributed by atoms with Crippen LogP contribution in [0.4, 0.5) is 17.3 Å². The van der Waals surface area contributed by atoms with Crippen molar-refractivity contribution in [2.24, 2.45) is 0 Å². The van der Waals surface area contributed by atoms with E-state index in [9.17, 15) is 4.79 Å². The second-order valence-electron chi connectivity index (χ2n) is 5.61. The van der Waals surface area contributed by atoms with Crippen LogP contribution < -0.4 is 10.6 Å². The molecular formula is C19H17BrN4O. The van der Waals surface area contributed by atoms with Crippen molar-refractivity contribution in [3.8, 4) is 0 Å². The van der Waals surface area contributed by atoms with Crippen molar-refractivity contribution in [1.82, 2.24) is 9.97 Å². The minimum absolute atomic E-state index is 0.174. The monoisotopic (exact) mass is 396 g/mol. The summed E-state index contributed by atoms with van der Waals surface area (Å²) in [4.78, 5) is 21.1. The molecule has 0 unspecified atom stereocenters. The summed E-state index contributed by atoms with van der Waals surface area (Å²) in [5, 5.41) is 6.07. The second kappa shape index (κ2) is 7.44. The van der Waals surface area contributed by atoms with E-state index in [0.717, 1.165) is 21.5 Å². The summed E-state index contributed by atoms with van der Waals surface area (Å²) < 4.78 is 0.755. The normalized spacial score (nSPS) is 10.4. The molecular weight excluding hydrogens is 380 g/mol. The summed E-state index contributed by atoms with van der Waals surface area (Å²) in [7, 11) is 0. The molecule has 25 heavy (non-hydrogen) atoms. The molecule has 5 nitrogen and oxygen atoms in total. The van der Waals surface area contributed by atoms with Crippen LogP contribution in [0, 0.1) is 13.8 Å². The lowest BCUT2D eigenvalue weighted by Gasteiger charge is -2.10. The molecule has 1 heterocycles. The van der Waals surface area contributed by atoms with Gasteiger partial charge in [-0.25, -0.2) is 9.97 Å². The molecule has 6 heteroatoms. The van der Waals surface area contributed by atoms with Crippen molar-refractivity contribution in [2.75, 3.05) is 10.6 Å². The Bertz CT molecular complexity index is 907. The van der Waals surface area contributed by atoms with Crippen molar-refractivity contribution in [2.45, 2.75) is 13.8 Å². The number of rotatable bonds is 4. The second-order valence-corrected chi connectivity index (χ2v) is 6.47. The highest BCUT2D eigenvalue weighted by Gasteiger charge is 2.10. The Balaban J connectivity index is 1.77. The zero-order valence-electron chi connectivity index (χ0n) is 13.9. The van der Waals surface area contributed by atoms with Gasteiger partial charge in [-0.2, -0.15) is 0 Å². The van der Waals surface area contributed by atoms with Crippen molar-refractivity contribution in [1.29, 1.82) is 0 Å². The minimum Gasteiger partial charge on any atom is -0.324 e. The third-order valence-corrected chi connectivity index (χ3v) is 4.17. The molecule has 0 aliphatic carbocycles. The Kier molecular flexibility index (Phi) is 5.09. The maximum absolute atomic E-state index is 12.4. The number of hydrogen-bond donors (Lipinski definition) is 2. The fourth-order valence-corrected chi connectivity index (χ4v) is 2.89. The van der Waals surface area contributed by atoms with E-state index in [2.05, 4.69) is 36.5 Å². The van der Waals surface area contributed by atoms with Gasteiger partial charge in [-0.05, 0) is 66.2 Å². The number of nitrogens with one attached hydrogen (secondary N) is 2. The lowest BCUT2D eigenvalue weighted by molar-refractivity contribution is 0.102. The Morgan fingerprint density at radius 2 is 1.60 bits per heavy atom. The van der Waals surface area contributed by atoms with Crippen molar-refractivity contribution in [3.63, 3.8) is 0 Å². The van der Waals surface area contributed by atoms with Crippen LogP contribution in [0.15, 0.2) is 59.1 Å². The van der Waals surface area contributed by atoms with E-state index >= 15 is 0 Å². The molecule has 2 N–H and O–H groups in total. The van der Waals surface area contributed by atoms with Gasteiger partial charge in [0.15, 0.2) is 0 Å². The van der Waals surface area contributed by atoms with Crippen LogP contribution in [0.2, 0.25) is 0 Å². The van der Waals surface area contributed by atoms with E-state index in [4.69, 9.17) is 0 Å². The van der Waals surface area contributed by atoms with Gasteiger partial charge < -0.3 is 10.6 Å². The van der Waals surface area contributed by atoms with Gasteiger partial charge in [0.1, 0.15) is 0 Å². The first kappa shape index (κ1) is 17.1. The Morgan fingerprint density at radius 3 is 2.32 bits per heavy atom. The summed E-state index contributed by atoms with van der Waals surface area (Å²) >= 11 is 3.39. The summed E-state index contributed by atoms with van der Waals surface area (Å²) in [6.45, 7) is 3.85. The predicted molar refractivity (Wildman–Crippen MR) is 103 cm³/mol. The molecule has 3 rings (SSSR count). The summed E-state index contributed by atoms with van der Waals surface area (Å²) in [5.74, 6) is 0.360. The molecule has 3 aromatic rings. The van der Waals surface area contributed by atoms with E-state index in [1.54, 1.807) is 6.07 Å². The van der Waals surface area contributed by atoms with Gasteiger partial charge in [0.05, 0.1) is 5.56 Å². The molecule has 0 saturated heterocycles. The highest BCUT2D eigenvalue weighted by Crippen LogP contribution is 2.21. The third-order valence-electron chi connectivity index (χ3n) is 3.48. The van der Waals surface area contributed by atoms with E-state index in [-0.39, 0.29) is 5.91 Å². The molecule has 0 bridgehead atoms. The zero-order valence-corrected chi connectivity index (χ0v) is 15.5. The Labute approximate surface area is 154 Å². The van der Waals surface area contributed by atoms with Gasteiger partial charge in [-0.15, -0.1) is 0 Å². The highest BCUT2D eigenvalue weighted by atomic mass is 79.9. The van der Waals surface area contributed by atoms with Crippen LogP contribution in [0.5, 0.6) is 0 Å². The van der Waals surface area contributed by atoms with Crippen LogP contribution in [-0.4, -0.2) is 15.9 Å². The summed E-state index contributed by atoms with van der Waals surface area (Å²) in [6, 6.07) is 16.7. The van der Waals surface area contributed by atoms with Crippen molar-refractivity contribution >= 4 is 39.2 Å².